The highest BCUT2D eigenvalue weighted by atomic mass is 32.2. The highest BCUT2D eigenvalue weighted by molar-refractivity contribution is 7.86. The van der Waals surface area contributed by atoms with Gasteiger partial charge in [-0.3, -0.25) is 4.55 Å². The molecule has 4 nitrogen and oxygen atoms in total. The maximum Gasteiger partial charge on any atom is 0.269 e. The number of rotatable bonds is 4. The molecule has 0 aromatic carbocycles. The van der Waals surface area contributed by atoms with Crippen LogP contribution in [0.4, 0.5) is 0 Å². The first-order chi connectivity index (χ1) is 7.79. The second kappa shape index (κ2) is 5.67. The topological polar surface area (TPSA) is 80.4 Å². The van der Waals surface area contributed by atoms with Crippen LogP contribution in [-0.4, -0.2) is 24.8 Å². The van der Waals surface area contributed by atoms with Crippen molar-refractivity contribution < 1.29 is 13.0 Å². The highest BCUT2D eigenvalue weighted by Crippen LogP contribution is 2.40. The van der Waals surface area contributed by atoms with Crippen molar-refractivity contribution in [3.05, 3.63) is 0 Å². The summed E-state index contributed by atoms with van der Waals surface area (Å²) in [6.07, 6.45) is 3.39. The van der Waals surface area contributed by atoms with Gasteiger partial charge in [0.1, 0.15) is 5.25 Å². The fourth-order valence-corrected chi connectivity index (χ4v) is 4.24. The Balaban J connectivity index is 2.83. The van der Waals surface area contributed by atoms with Crippen LogP contribution in [0.5, 0.6) is 0 Å². The van der Waals surface area contributed by atoms with Gasteiger partial charge in [-0.2, -0.15) is 8.42 Å². The Hall–Kier alpha value is -0.130. The summed E-state index contributed by atoms with van der Waals surface area (Å²) in [5.41, 5.74) is 5.51. The molecule has 5 atom stereocenters. The fourth-order valence-electron chi connectivity index (χ4n) is 3.25. The van der Waals surface area contributed by atoms with E-state index in [9.17, 15) is 13.0 Å². The number of hydrogen-bond acceptors (Lipinski definition) is 3. The van der Waals surface area contributed by atoms with Gasteiger partial charge in [-0.15, -0.1) is 0 Å². The number of hydrogen-bond donors (Lipinski definition) is 2. The Bertz CT molecular complexity index is 342. The molecule has 5 unspecified atom stereocenters. The first kappa shape index (κ1) is 14.9. The second-order valence-electron chi connectivity index (χ2n) is 5.58. The van der Waals surface area contributed by atoms with E-state index in [1.807, 2.05) is 6.92 Å². The van der Waals surface area contributed by atoms with Crippen molar-refractivity contribution in [3.8, 4) is 0 Å². The van der Waals surface area contributed by atoms with E-state index in [0.717, 1.165) is 12.8 Å². The third kappa shape index (κ3) is 3.42. The normalized spacial score (nSPS) is 34.3. The van der Waals surface area contributed by atoms with Gasteiger partial charge in [0.25, 0.3) is 10.1 Å². The Morgan fingerprint density at radius 2 is 1.94 bits per heavy atom. The van der Waals surface area contributed by atoms with Crippen molar-refractivity contribution in [2.24, 2.45) is 29.4 Å². The zero-order valence-corrected chi connectivity index (χ0v) is 11.8. The first-order valence-corrected chi connectivity index (χ1v) is 7.95. The second-order valence-corrected chi connectivity index (χ2v) is 7.21. The van der Waals surface area contributed by atoms with Gasteiger partial charge in [0.2, 0.25) is 0 Å². The third-order valence-electron chi connectivity index (χ3n) is 4.65. The van der Waals surface area contributed by atoms with E-state index in [1.165, 1.54) is 6.42 Å². The van der Waals surface area contributed by atoms with Gasteiger partial charge in [-0.25, -0.2) is 0 Å². The van der Waals surface area contributed by atoms with Crippen molar-refractivity contribution in [1.82, 2.24) is 0 Å². The van der Waals surface area contributed by atoms with E-state index >= 15 is 0 Å². The number of nitrogens with two attached hydrogens (primary N) is 1. The van der Waals surface area contributed by atoms with Crippen molar-refractivity contribution in [3.63, 3.8) is 0 Å². The Morgan fingerprint density at radius 3 is 2.41 bits per heavy atom. The summed E-state index contributed by atoms with van der Waals surface area (Å²) >= 11 is 0. The van der Waals surface area contributed by atoms with E-state index < -0.39 is 15.4 Å². The molecule has 0 heterocycles. The molecule has 0 bridgehead atoms. The summed E-state index contributed by atoms with van der Waals surface area (Å²) in [5, 5.41) is -0.819. The molecule has 0 amide bonds. The standard InChI is InChI=1S/C12H25NO3S/c1-8-5-4-6-11(9(8)2)10(3)12(7-13)17(14,15)16/h8-12H,4-7,13H2,1-3H3,(H,14,15,16). The van der Waals surface area contributed by atoms with Gasteiger partial charge in [-0.05, 0) is 30.1 Å². The minimum atomic E-state index is -4.03. The molecule has 1 saturated carbocycles. The fraction of sp³-hybridized carbons (Fsp3) is 1.00. The summed E-state index contributed by atoms with van der Waals surface area (Å²) in [4.78, 5) is 0. The smallest absolute Gasteiger partial charge is 0.269 e. The monoisotopic (exact) mass is 263 g/mol. The van der Waals surface area contributed by atoms with Crippen LogP contribution in [0.25, 0.3) is 0 Å². The van der Waals surface area contributed by atoms with Gasteiger partial charge >= 0.3 is 0 Å². The molecule has 5 heteroatoms. The van der Waals surface area contributed by atoms with Crippen LogP contribution in [0.1, 0.15) is 40.0 Å². The summed E-state index contributed by atoms with van der Waals surface area (Å²) < 4.78 is 31.8. The molecular formula is C12H25NO3S. The average Bonchev–Trinajstić information content (AvgIpc) is 2.20. The van der Waals surface area contributed by atoms with Crippen LogP contribution in [0.15, 0.2) is 0 Å². The Kier molecular flexibility index (Phi) is 4.98. The van der Waals surface area contributed by atoms with Crippen LogP contribution in [0.2, 0.25) is 0 Å². The Morgan fingerprint density at radius 1 is 1.35 bits per heavy atom. The first-order valence-electron chi connectivity index (χ1n) is 6.45. The molecule has 1 rings (SSSR count). The Labute approximate surface area is 105 Å². The maximum absolute atomic E-state index is 11.3. The molecule has 17 heavy (non-hydrogen) atoms. The largest absolute Gasteiger partial charge is 0.329 e. The molecule has 1 fully saturated rings. The predicted octanol–water partition coefficient (Wildman–Crippen LogP) is 1.91. The van der Waals surface area contributed by atoms with E-state index in [1.54, 1.807) is 0 Å². The third-order valence-corrected chi connectivity index (χ3v) is 6.03. The van der Waals surface area contributed by atoms with E-state index in [-0.39, 0.29) is 12.5 Å². The molecule has 0 aromatic rings. The lowest BCUT2D eigenvalue weighted by atomic mass is 9.68. The SMILES string of the molecule is CC1CCCC(C(C)C(CN)S(=O)(=O)O)C1C. The van der Waals surface area contributed by atoms with Gasteiger partial charge in [-0.1, -0.05) is 33.6 Å². The molecule has 1 aliphatic rings. The van der Waals surface area contributed by atoms with Gasteiger partial charge in [0.15, 0.2) is 0 Å². The highest BCUT2D eigenvalue weighted by Gasteiger charge is 2.38. The lowest BCUT2D eigenvalue weighted by molar-refractivity contribution is 0.127. The molecule has 0 spiro atoms. The zero-order valence-electron chi connectivity index (χ0n) is 11.0. The van der Waals surface area contributed by atoms with Crippen LogP contribution in [0.3, 0.4) is 0 Å². The van der Waals surface area contributed by atoms with Gasteiger partial charge < -0.3 is 5.73 Å². The molecule has 1 aliphatic carbocycles. The van der Waals surface area contributed by atoms with Gasteiger partial charge in [0.05, 0.1) is 0 Å². The molecule has 102 valence electrons. The zero-order chi connectivity index (χ0) is 13.2. The summed E-state index contributed by atoms with van der Waals surface area (Å²) in [6, 6.07) is 0. The summed E-state index contributed by atoms with van der Waals surface area (Å²) in [5.74, 6) is 1.38. The van der Waals surface area contributed by atoms with E-state index in [2.05, 4.69) is 13.8 Å². The van der Waals surface area contributed by atoms with E-state index in [0.29, 0.717) is 17.8 Å². The summed E-state index contributed by atoms with van der Waals surface area (Å²) in [7, 11) is -4.03. The van der Waals surface area contributed by atoms with E-state index in [4.69, 9.17) is 5.73 Å². The minimum Gasteiger partial charge on any atom is -0.329 e. The lowest BCUT2D eigenvalue weighted by Crippen LogP contribution is -2.42. The summed E-state index contributed by atoms with van der Waals surface area (Å²) in [6.45, 7) is 6.30. The molecule has 0 aromatic heterocycles. The van der Waals surface area contributed by atoms with Gasteiger partial charge in [0, 0.05) is 6.54 Å². The van der Waals surface area contributed by atoms with Crippen molar-refractivity contribution in [2.45, 2.75) is 45.3 Å². The predicted molar refractivity (Wildman–Crippen MR) is 69.2 cm³/mol. The van der Waals surface area contributed by atoms with Crippen LogP contribution < -0.4 is 5.73 Å². The average molecular weight is 263 g/mol. The molecule has 0 radical (unpaired) electrons. The maximum atomic E-state index is 11.3. The molecule has 0 aliphatic heterocycles. The minimum absolute atomic E-state index is 0.00238. The van der Waals surface area contributed by atoms with Crippen LogP contribution in [0, 0.1) is 23.7 Å². The van der Waals surface area contributed by atoms with Crippen molar-refractivity contribution in [1.29, 1.82) is 0 Å². The van der Waals surface area contributed by atoms with Crippen LogP contribution in [-0.2, 0) is 10.1 Å². The molecular weight excluding hydrogens is 238 g/mol. The van der Waals surface area contributed by atoms with Crippen molar-refractivity contribution in [2.75, 3.05) is 6.54 Å². The molecule has 0 saturated heterocycles. The van der Waals surface area contributed by atoms with Crippen LogP contribution >= 0.6 is 0 Å². The quantitative estimate of drug-likeness (QED) is 0.759. The van der Waals surface area contributed by atoms with Crippen molar-refractivity contribution >= 4 is 10.1 Å². The lowest BCUT2D eigenvalue weighted by Gasteiger charge is -2.39. The molecule has 3 N–H and O–H groups in total.